The first kappa shape index (κ1) is 10.9. The van der Waals surface area contributed by atoms with E-state index >= 15 is 0 Å². The predicted molar refractivity (Wildman–Crippen MR) is 57.6 cm³/mol. The van der Waals surface area contributed by atoms with Gasteiger partial charge >= 0.3 is 0 Å². The van der Waals surface area contributed by atoms with Gasteiger partial charge in [-0.05, 0) is 6.42 Å². The molecule has 0 radical (unpaired) electrons. The van der Waals surface area contributed by atoms with Gasteiger partial charge in [0.05, 0.1) is 18.7 Å². The molecule has 0 aromatic rings. The molecular weight excluding hydrogens is 192 g/mol. The van der Waals surface area contributed by atoms with Crippen molar-refractivity contribution >= 4 is 5.91 Å². The van der Waals surface area contributed by atoms with Crippen molar-refractivity contribution in [1.29, 1.82) is 0 Å². The quantitative estimate of drug-likeness (QED) is 0.728. The predicted octanol–water partition coefficient (Wildman–Crippen LogP) is 0.232. The van der Waals surface area contributed by atoms with Crippen LogP contribution in [0.2, 0.25) is 0 Å². The minimum atomic E-state index is 0.0891. The van der Waals surface area contributed by atoms with E-state index in [0.29, 0.717) is 12.1 Å². The van der Waals surface area contributed by atoms with Gasteiger partial charge in [-0.15, -0.1) is 0 Å². The summed E-state index contributed by atoms with van der Waals surface area (Å²) in [4.78, 5) is 14.2. The van der Waals surface area contributed by atoms with Crippen molar-refractivity contribution in [2.24, 2.45) is 5.92 Å². The van der Waals surface area contributed by atoms with Gasteiger partial charge in [-0.2, -0.15) is 0 Å². The molecule has 0 aromatic heterocycles. The average molecular weight is 212 g/mol. The number of nitrogens with zero attached hydrogens (tertiary/aromatic N) is 1. The third kappa shape index (κ3) is 2.16. The van der Waals surface area contributed by atoms with Gasteiger partial charge in [0, 0.05) is 25.6 Å². The maximum absolute atomic E-state index is 12.1. The Morgan fingerprint density at radius 2 is 2.13 bits per heavy atom. The van der Waals surface area contributed by atoms with Crippen LogP contribution in [0.3, 0.4) is 0 Å². The van der Waals surface area contributed by atoms with E-state index < -0.39 is 0 Å². The lowest BCUT2D eigenvalue weighted by Crippen LogP contribution is -2.62. The van der Waals surface area contributed by atoms with E-state index in [0.717, 1.165) is 32.7 Å². The molecule has 86 valence electrons. The normalized spacial score (nSPS) is 26.7. The first-order valence-corrected chi connectivity index (χ1v) is 5.80. The highest BCUT2D eigenvalue weighted by Crippen LogP contribution is 2.20. The zero-order chi connectivity index (χ0) is 10.8. The van der Waals surface area contributed by atoms with Crippen LogP contribution in [0, 0.1) is 5.92 Å². The highest BCUT2D eigenvalue weighted by molar-refractivity contribution is 5.79. The minimum absolute atomic E-state index is 0.0891. The summed E-state index contributed by atoms with van der Waals surface area (Å²) in [7, 11) is 0. The Bertz CT molecular complexity index is 233. The van der Waals surface area contributed by atoms with Crippen molar-refractivity contribution in [3.05, 3.63) is 0 Å². The molecule has 2 heterocycles. The lowest BCUT2D eigenvalue weighted by Gasteiger charge is -2.42. The van der Waals surface area contributed by atoms with Gasteiger partial charge in [0.15, 0.2) is 0 Å². The number of nitrogens with one attached hydrogen (secondary N) is 1. The molecule has 2 fully saturated rings. The van der Waals surface area contributed by atoms with E-state index in [2.05, 4.69) is 10.2 Å². The number of ether oxygens (including phenoxy) is 1. The van der Waals surface area contributed by atoms with E-state index in [-0.39, 0.29) is 11.8 Å². The molecule has 0 aromatic carbocycles. The van der Waals surface area contributed by atoms with Gasteiger partial charge in [-0.25, -0.2) is 0 Å². The van der Waals surface area contributed by atoms with Crippen LogP contribution in [0.1, 0.15) is 20.3 Å². The fourth-order valence-corrected chi connectivity index (χ4v) is 2.17. The second-order valence-electron chi connectivity index (χ2n) is 4.73. The Kier molecular flexibility index (Phi) is 3.26. The molecule has 2 aliphatic heterocycles. The molecule has 0 aliphatic carbocycles. The van der Waals surface area contributed by atoms with Gasteiger partial charge in [0.25, 0.3) is 0 Å². The molecule has 0 saturated carbocycles. The Morgan fingerprint density at radius 1 is 1.40 bits per heavy atom. The lowest BCUT2D eigenvalue weighted by molar-refractivity contribution is -0.141. The topological polar surface area (TPSA) is 41.6 Å². The number of rotatable bonds is 3. The monoisotopic (exact) mass is 212 g/mol. The number of carbonyl (C=O) groups excluding carboxylic acids is 1. The van der Waals surface area contributed by atoms with Crippen LogP contribution < -0.4 is 5.32 Å². The minimum Gasteiger partial charge on any atom is -0.379 e. The Balaban J connectivity index is 2.04. The molecule has 0 bridgehead atoms. The number of hydrogen-bond donors (Lipinski definition) is 1. The molecule has 4 heteroatoms. The molecule has 4 nitrogen and oxygen atoms in total. The van der Waals surface area contributed by atoms with Crippen molar-refractivity contribution in [3.8, 4) is 0 Å². The van der Waals surface area contributed by atoms with Crippen molar-refractivity contribution in [3.63, 3.8) is 0 Å². The summed E-state index contributed by atoms with van der Waals surface area (Å²) in [5.74, 6) is 0.364. The fourth-order valence-electron chi connectivity index (χ4n) is 2.17. The van der Waals surface area contributed by atoms with Crippen molar-refractivity contribution in [2.75, 3.05) is 26.3 Å². The summed E-state index contributed by atoms with van der Waals surface area (Å²) < 4.78 is 5.37. The third-order valence-electron chi connectivity index (χ3n) is 3.20. The van der Waals surface area contributed by atoms with E-state index in [1.807, 2.05) is 13.8 Å². The van der Waals surface area contributed by atoms with E-state index in [4.69, 9.17) is 4.74 Å². The smallest absolute Gasteiger partial charge is 0.225 e. The van der Waals surface area contributed by atoms with Gasteiger partial charge in [0.1, 0.15) is 0 Å². The zero-order valence-electron chi connectivity index (χ0n) is 9.53. The molecular formula is C11H20N2O2. The third-order valence-corrected chi connectivity index (χ3v) is 3.20. The molecule has 15 heavy (non-hydrogen) atoms. The standard InChI is InChI=1S/C11H20N2O2/c1-8(2)11(14)13(10-5-12-6-10)9-3-4-15-7-9/h8-10,12H,3-7H2,1-2H3. The maximum Gasteiger partial charge on any atom is 0.225 e. The number of amides is 1. The van der Waals surface area contributed by atoms with Crippen molar-refractivity contribution < 1.29 is 9.53 Å². The summed E-state index contributed by atoms with van der Waals surface area (Å²) >= 11 is 0. The zero-order valence-corrected chi connectivity index (χ0v) is 9.53. The molecule has 0 spiro atoms. The summed E-state index contributed by atoms with van der Waals surface area (Å²) in [6.07, 6.45) is 0.995. The highest BCUT2D eigenvalue weighted by Gasteiger charge is 2.36. The molecule has 1 unspecified atom stereocenters. The second-order valence-corrected chi connectivity index (χ2v) is 4.73. The first-order valence-electron chi connectivity index (χ1n) is 5.80. The number of carbonyl (C=O) groups is 1. The van der Waals surface area contributed by atoms with Crippen LogP contribution in [0.5, 0.6) is 0 Å². The molecule has 2 saturated heterocycles. The summed E-state index contributed by atoms with van der Waals surface area (Å²) in [5, 5.41) is 3.22. The van der Waals surface area contributed by atoms with Gasteiger partial charge in [0.2, 0.25) is 5.91 Å². The van der Waals surface area contributed by atoms with Gasteiger partial charge < -0.3 is 15.0 Å². The van der Waals surface area contributed by atoms with E-state index in [1.54, 1.807) is 0 Å². The van der Waals surface area contributed by atoms with Gasteiger partial charge in [-0.1, -0.05) is 13.8 Å². The van der Waals surface area contributed by atoms with Crippen molar-refractivity contribution in [1.82, 2.24) is 10.2 Å². The molecule has 2 rings (SSSR count). The second kappa shape index (κ2) is 4.49. The fraction of sp³-hybridized carbons (Fsp3) is 0.909. The molecule has 1 N–H and O–H groups in total. The Hall–Kier alpha value is -0.610. The molecule has 2 aliphatic rings. The first-order chi connectivity index (χ1) is 7.20. The van der Waals surface area contributed by atoms with Crippen molar-refractivity contribution in [2.45, 2.75) is 32.4 Å². The highest BCUT2D eigenvalue weighted by atomic mass is 16.5. The number of hydrogen-bond acceptors (Lipinski definition) is 3. The average Bonchev–Trinajstić information content (AvgIpc) is 2.62. The molecule has 1 amide bonds. The van der Waals surface area contributed by atoms with Crippen LogP contribution in [-0.2, 0) is 9.53 Å². The van der Waals surface area contributed by atoms with Crippen LogP contribution in [0.25, 0.3) is 0 Å². The molecule has 1 atom stereocenters. The Labute approximate surface area is 91.0 Å². The van der Waals surface area contributed by atoms with E-state index in [1.165, 1.54) is 0 Å². The van der Waals surface area contributed by atoms with Crippen LogP contribution in [-0.4, -0.2) is 49.2 Å². The Morgan fingerprint density at radius 3 is 2.53 bits per heavy atom. The summed E-state index contributed by atoms with van der Waals surface area (Å²) in [6.45, 7) is 7.33. The largest absolute Gasteiger partial charge is 0.379 e. The lowest BCUT2D eigenvalue weighted by atomic mass is 10.0. The van der Waals surface area contributed by atoms with Crippen LogP contribution in [0.15, 0.2) is 0 Å². The van der Waals surface area contributed by atoms with Gasteiger partial charge in [-0.3, -0.25) is 4.79 Å². The SMILES string of the molecule is CC(C)C(=O)N(C1CNC1)C1CCOC1. The summed E-state index contributed by atoms with van der Waals surface area (Å²) in [5.41, 5.74) is 0. The van der Waals surface area contributed by atoms with Crippen LogP contribution >= 0.6 is 0 Å². The van der Waals surface area contributed by atoms with Crippen LogP contribution in [0.4, 0.5) is 0 Å². The van der Waals surface area contributed by atoms with E-state index in [9.17, 15) is 4.79 Å². The summed E-state index contributed by atoms with van der Waals surface area (Å²) in [6, 6.07) is 0.707. The maximum atomic E-state index is 12.1.